The first-order valence-corrected chi connectivity index (χ1v) is 5.18. The Bertz CT molecular complexity index is 249. The molecule has 2 atom stereocenters. The van der Waals surface area contributed by atoms with E-state index in [1.165, 1.54) is 0 Å². The van der Waals surface area contributed by atoms with Crippen molar-refractivity contribution in [3.05, 3.63) is 0 Å². The van der Waals surface area contributed by atoms with Crippen LogP contribution in [0.15, 0.2) is 0 Å². The van der Waals surface area contributed by atoms with Crippen molar-refractivity contribution in [3.63, 3.8) is 0 Å². The minimum absolute atomic E-state index is 0.0521. The van der Waals surface area contributed by atoms with Crippen molar-refractivity contribution < 1.29 is 9.59 Å². The molecule has 78 valence electrons. The molecule has 0 radical (unpaired) electrons. The lowest BCUT2D eigenvalue weighted by molar-refractivity contribution is -0.128. The number of Topliss-reactive ketones (excluding diaryl/α,β-unsaturated/α-hetero) is 1. The zero-order chi connectivity index (χ0) is 10.1. The third kappa shape index (κ3) is 1.66. The largest absolute Gasteiger partial charge is 0.358 e. The van der Waals surface area contributed by atoms with E-state index in [1.807, 2.05) is 0 Å². The standard InChI is InChI=1S/C10H16N2O2/c1-11-10(14)6-12-7-2-3-8(12)5-9(13)4-7/h7-8H,2-6H2,1H3,(H,11,14)/t7-,8+. The van der Waals surface area contributed by atoms with E-state index >= 15 is 0 Å². The Morgan fingerprint density at radius 1 is 1.43 bits per heavy atom. The second kappa shape index (κ2) is 3.69. The van der Waals surface area contributed by atoms with Crippen molar-refractivity contribution in [2.24, 2.45) is 0 Å². The van der Waals surface area contributed by atoms with E-state index in [0.29, 0.717) is 37.3 Å². The maximum absolute atomic E-state index is 11.3. The Hall–Kier alpha value is -0.900. The molecule has 2 heterocycles. The fraction of sp³-hybridized carbons (Fsp3) is 0.800. The number of hydrogen-bond acceptors (Lipinski definition) is 3. The first-order valence-electron chi connectivity index (χ1n) is 5.18. The SMILES string of the molecule is CNC(=O)CN1[C@@H]2CC[C@H]1CC(=O)C2. The van der Waals surface area contributed by atoms with Crippen LogP contribution in [-0.2, 0) is 9.59 Å². The van der Waals surface area contributed by atoms with Crippen LogP contribution in [0.4, 0.5) is 0 Å². The van der Waals surface area contributed by atoms with Gasteiger partial charge in [0.25, 0.3) is 0 Å². The summed E-state index contributed by atoms with van der Waals surface area (Å²) in [6.07, 6.45) is 3.45. The number of rotatable bonds is 2. The number of carbonyl (C=O) groups excluding carboxylic acids is 2. The number of nitrogens with one attached hydrogen (secondary N) is 1. The van der Waals surface area contributed by atoms with Crippen LogP contribution < -0.4 is 5.32 Å². The normalized spacial score (nSPS) is 31.9. The number of fused-ring (bicyclic) bond motifs is 2. The average molecular weight is 196 g/mol. The Kier molecular flexibility index (Phi) is 2.54. The zero-order valence-corrected chi connectivity index (χ0v) is 8.45. The molecule has 2 saturated heterocycles. The Morgan fingerprint density at radius 2 is 2.00 bits per heavy atom. The molecule has 0 spiro atoms. The van der Waals surface area contributed by atoms with Crippen LogP contribution in [0, 0.1) is 0 Å². The average Bonchev–Trinajstić information content (AvgIpc) is 2.41. The molecule has 0 aromatic heterocycles. The van der Waals surface area contributed by atoms with Crippen LogP contribution in [0.2, 0.25) is 0 Å². The number of nitrogens with zero attached hydrogens (tertiary/aromatic N) is 1. The lowest BCUT2D eigenvalue weighted by Crippen LogP contribution is -2.47. The number of carbonyl (C=O) groups is 2. The van der Waals surface area contributed by atoms with Gasteiger partial charge in [0, 0.05) is 32.0 Å². The van der Waals surface area contributed by atoms with Gasteiger partial charge in [0.2, 0.25) is 5.91 Å². The molecule has 2 aliphatic rings. The number of piperidine rings is 1. The fourth-order valence-corrected chi connectivity index (χ4v) is 2.57. The van der Waals surface area contributed by atoms with Crippen LogP contribution in [0.3, 0.4) is 0 Å². The van der Waals surface area contributed by atoms with Crippen LogP contribution in [0.1, 0.15) is 25.7 Å². The molecule has 0 saturated carbocycles. The van der Waals surface area contributed by atoms with Gasteiger partial charge in [-0.05, 0) is 12.8 Å². The number of ketones is 1. The summed E-state index contributed by atoms with van der Waals surface area (Å²) >= 11 is 0. The summed E-state index contributed by atoms with van der Waals surface area (Å²) < 4.78 is 0. The Labute approximate surface area is 83.6 Å². The molecule has 4 nitrogen and oxygen atoms in total. The lowest BCUT2D eigenvalue weighted by Gasteiger charge is -2.32. The second-order valence-corrected chi connectivity index (χ2v) is 4.18. The van der Waals surface area contributed by atoms with E-state index in [4.69, 9.17) is 0 Å². The van der Waals surface area contributed by atoms with Crippen molar-refractivity contribution in [3.8, 4) is 0 Å². The van der Waals surface area contributed by atoms with Gasteiger partial charge in [0.05, 0.1) is 6.54 Å². The van der Waals surface area contributed by atoms with Gasteiger partial charge in [-0.15, -0.1) is 0 Å². The smallest absolute Gasteiger partial charge is 0.233 e. The van der Waals surface area contributed by atoms with E-state index in [-0.39, 0.29) is 5.91 Å². The van der Waals surface area contributed by atoms with Crippen molar-refractivity contribution in [2.75, 3.05) is 13.6 Å². The second-order valence-electron chi connectivity index (χ2n) is 4.18. The first kappa shape index (κ1) is 9.65. The maximum Gasteiger partial charge on any atom is 0.233 e. The summed E-state index contributed by atoms with van der Waals surface area (Å²) in [4.78, 5) is 24.7. The predicted molar refractivity (Wildman–Crippen MR) is 51.8 cm³/mol. The number of hydrogen-bond donors (Lipinski definition) is 1. The van der Waals surface area contributed by atoms with Gasteiger partial charge < -0.3 is 5.32 Å². The molecule has 0 aromatic rings. The van der Waals surface area contributed by atoms with E-state index in [1.54, 1.807) is 7.05 Å². The minimum Gasteiger partial charge on any atom is -0.358 e. The molecule has 1 amide bonds. The van der Waals surface area contributed by atoms with E-state index in [0.717, 1.165) is 12.8 Å². The summed E-state index contributed by atoms with van der Waals surface area (Å²) in [6, 6.07) is 0.664. The molecule has 4 heteroatoms. The fourth-order valence-electron chi connectivity index (χ4n) is 2.57. The Balaban J connectivity index is 2.00. The highest BCUT2D eigenvalue weighted by Gasteiger charge is 2.40. The highest BCUT2D eigenvalue weighted by atomic mass is 16.2. The van der Waals surface area contributed by atoms with Gasteiger partial charge in [0.1, 0.15) is 5.78 Å². The molecule has 2 fully saturated rings. The lowest BCUT2D eigenvalue weighted by atomic mass is 10.0. The van der Waals surface area contributed by atoms with Crippen molar-refractivity contribution >= 4 is 11.7 Å². The minimum atomic E-state index is 0.0521. The Morgan fingerprint density at radius 3 is 2.50 bits per heavy atom. The summed E-state index contributed by atoms with van der Waals surface area (Å²) in [6.45, 7) is 0.457. The van der Waals surface area contributed by atoms with Crippen LogP contribution >= 0.6 is 0 Å². The van der Waals surface area contributed by atoms with E-state index < -0.39 is 0 Å². The van der Waals surface area contributed by atoms with Gasteiger partial charge in [-0.25, -0.2) is 0 Å². The first-order chi connectivity index (χ1) is 6.70. The predicted octanol–water partition coefficient (Wildman–Crippen LogP) is -0.0717. The van der Waals surface area contributed by atoms with Crippen molar-refractivity contribution in [1.82, 2.24) is 10.2 Å². The zero-order valence-electron chi connectivity index (χ0n) is 8.45. The van der Waals surface area contributed by atoms with Gasteiger partial charge in [-0.3, -0.25) is 14.5 Å². The quantitative estimate of drug-likeness (QED) is 0.672. The molecule has 2 bridgehead atoms. The van der Waals surface area contributed by atoms with Crippen LogP contribution in [0.5, 0.6) is 0 Å². The third-order valence-electron chi connectivity index (χ3n) is 3.30. The van der Waals surface area contributed by atoms with E-state index in [9.17, 15) is 9.59 Å². The molecule has 14 heavy (non-hydrogen) atoms. The summed E-state index contributed by atoms with van der Waals surface area (Å²) in [7, 11) is 1.65. The molecular formula is C10H16N2O2. The molecule has 2 aliphatic heterocycles. The summed E-state index contributed by atoms with van der Waals surface area (Å²) in [5.74, 6) is 0.418. The maximum atomic E-state index is 11.3. The van der Waals surface area contributed by atoms with Crippen molar-refractivity contribution in [2.45, 2.75) is 37.8 Å². The number of likely N-dealkylation sites (N-methyl/N-ethyl adjacent to an activating group) is 1. The summed E-state index contributed by atoms with van der Waals surface area (Å²) in [5, 5.41) is 2.63. The molecular weight excluding hydrogens is 180 g/mol. The number of amides is 1. The third-order valence-corrected chi connectivity index (χ3v) is 3.30. The highest BCUT2D eigenvalue weighted by Crippen LogP contribution is 2.33. The van der Waals surface area contributed by atoms with Gasteiger partial charge in [-0.1, -0.05) is 0 Å². The molecule has 0 unspecified atom stereocenters. The van der Waals surface area contributed by atoms with Gasteiger partial charge in [-0.2, -0.15) is 0 Å². The van der Waals surface area contributed by atoms with E-state index in [2.05, 4.69) is 10.2 Å². The molecule has 1 N–H and O–H groups in total. The highest BCUT2D eigenvalue weighted by molar-refractivity contribution is 5.82. The van der Waals surface area contributed by atoms with Crippen LogP contribution in [-0.4, -0.2) is 42.3 Å². The van der Waals surface area contributed by atoms with Gasteiger partial charge in [0.15, 0.2) is 0 Å². The topological polar surface area (TPSA) is 49.4 Å². The van der Waals surface area contributed by atoms with Gasteiger partial charge >= 0.3 is 0 Å². The van der Waals surface area contributed by atoms with Crippen LogP contribution in [0.25, 0.3) is 0 Å². The van der Waals surface area contributed by atoms with Crippen molar-refractivity contribution in [1.29, 1.82) is 0 Å². The molecule has 0 aromatic carbocycles. The summed E-state index contributed by atoms with van der Waals surface area (Å²) in [5.41, 5.74) is 0. The molecule has 2 rings (SSSR count). The monoisotopic (exact) mass is 196 g/mol. The molecule has 0 aliphatic carbocycles.